The van der Waals surface area contributed by atoms with E-state index in [2.05, 4.69) is 20.5 Å². The predicted molar refractivity (Wildman–Crippen MR) is 120 cm³/mol. The summed E-state index contributed by atoms with van der Waals surface area (Å²) in [5.74, 6) is 0.0300. The van der Waals surface area contributed by atoms with Crippen LogP contribution in [0.5, 0.6) is 0 Å². The van der Waals surface area contributed by atoms with Crippen LogP contribution in [0.4, 0.5) is 5.69 Å². The Kier molecular flexibility index (Phi) is 4.88. The number of aromatic amines is 1. The van der Waals surface area contributed by atoms with Gasteiger partial charge in [-0.3, -0.25) is 19.7 Å². The topological polar surface area (TPSA) is 87.7 Å². The van der Waals surface area contributed by atoms with Crippen LogP contribution in [-0.4, -0.2) is 26.9 Å². The Labute approximate surface area is 179 Å². The summed E-state index contributed by atoms with van der Waals surface area (Å²) in [5.41, 5.74) is 4.14. The first kappa shape index (κ1) is 18.9. The average Bonchev–Trinajstić information content (AvgIpc) is 3.59. The molecule has 1 aliphatic rings. The van der Waals surface area contributed by atoms with E-state index in [1.807, 2.05) is 36.4 Å². The van der Waals surface area contributed by atoms with Crippen molar-refractivity contribution in [3.05, 3.63) is 89.4 Å². The van der Waals surface area contributed by atoms with Crippen molar-refractivity contribution in [2.24, 2.45) is 5.92 Å². The molecule has 2 aromatic carbocycles. The number of hydrogen-bond donors (Lipinski definition) is 2. The van der Waals surface area contributed by atoms with Crippen molar-refractivity contribution in [3.8, 4) is 0 Å². The molecule has 0 atom stereocenters. The zero-order valence-electron chi connectivity index (χ0n) is 16.7. The average molecular weight is 408 g/mol. The maximum atomic E-state index is 13.0. The van der Waals surface area contributed by atoms with Gasteiger partial charge in [0.2, 0.25) is 5.91 Å². The van der Waals surface area contributed by atoms with E-state index in [4.69, 9.17) is 0 Å². The number of rotatable bonds is 6. The van der Waals surface area contributed by atoms with Crippen molar-refractivity contribution in [1.29, 1.82) is 0 Å². The van der Waals surface area contributed by atoms with Gasteiger partial charge in [-0.05, 0) is 61.4 Å². The van der Waals surface area contributed by atoms with Crippen LogP contribution in [0.1, 0.15) is 40.2 Å². The molecule has 2 N–H and O–H groups in total. The van der Waals surface area contributed by atoms with Crippen molar-refractivity contribution >= 4 is 40.4 Å². The maximum Gasteiger partial charge on any atom is 0.227 e. The van der Waals surface area contributed by atoms with Gasteiger partial charge in [-0.2, -0.15) is 5.10 Å². The van der Waals surface area contributed by atoms with Crippen molar-refractivity contribution in [3.63, 3.8) is 0 Å². The number of fused-ring (bicyclic) bond motifs is 1. The normalized spacial score (nSPS) is 13.5. The van der Waals surface area contributed by atoms with Crippen molar-refractivity contribution < 1.29 is 9.59 Å². The Morgan fingerprint density at radius 3 is 2.65 bits per heavy atom. The molecule has 2 heterocycles. The van der Waals surface area contributed by atoms with Gasteiger partial charge in [0.15, 0.2) is 5.78 Å². The summed E-state index contributed by atoms with van der Waals surface area (Å²) < 4.78 is 0. The molecule has 31 heavy (non-hydrogen) atoms. The number of hydrogen-bond acceptors (Lipinski definition) is 4. The van der Waals surface area contributed by atoms with E-state index in [1.165, 1.54) is 0 Å². The molecule has 152 valence electrons. The molecule has 4 aromatic rings. The van der Waals surface area contributed by atoms with Crippen LogP contribution >= 0.6 is 0 Å². The van der Waals surface area contributed by atoms with E-state index in [0.29, 0.717) is 16.8 Å². The lowest BCUT2D eigenvalue weighted by Crippen LogP contribution is -2.13. The summed E-state index contributed by atoms with van der Waals surface area (Å²) in [5, 5.41) is 11.2. The molecule has 6 heteroatoms. The van der Waals surface area contributed by atoms with Gasteiger partial charge in [0, 0.05) is 34.3 Å². The van der Waals surface area contributed by atoms with Gasteiger partial charge in [-0.1, -0.05) is 24.3 Å². The monoisotopic (exact) mass is 408 g/mol. The second-order valence-electron chi connectivity index (χ2n) is 7.63. The molecule has 0 bridgehead atoms. The summed E-state index contributed by atoms with van der Waals surface area (Å²) in [6.45, 7) is 0. The number of nitrogens with zero attached hydrogens (tertiary/aromatic N) is 2. The second-order valence-corrected chi connectivity index (χ2v) is 7.63. The highest BCUT2D eigenvalue weighted by molar-refractivity contribution is 6.11. The fraction of sp³-hybridized carbons (Fsp3) is 0.120. The number of anilines is 1. The summed E-state index contributed by atoms with van der Waals surface area (Å²) in [7, 11) is 0. The zero-order chi connectivity index (χ0) is 21.2. The number of nitrogens with one attached hydrogen (secondary N) is 2. The SMILES string of the molecule is O=C(c1cccc(NC(=O)C2CC2)c1)c1ccc2c(C=Cc3ccccn3)n[nH]c2c1. The maximum absolute atomic E-state index is 13.0. The minimum atomic E-state index is -0.107. The molecule has 0 unspecified atom stereocenters. The highest BCUT2D eigenvalue weighted by Crippen LogP contribution is 2.30. The van der Waals surface area contributed by atoms with Gasteiger partial charge in [0.25, 0.3) is 0 Å². The van der Waals surface area contributed by atoms with Gasteiger partial charge in [0.05, 0.1) is 16.9 Å². The molecule has 1 fully saturated rings. The molecular weight excluding hydrogens is 388 g/mol. The number of ketones is 1. The van der Waals surface area contributed by atoms with Crippen LogP contribution in [0.15, 0.2) is 66.9 Å². The molecule has 1 amide bonds. The molecule has 0 aliphatic heterocycles. The van der Waals surface area contributed by atoms with Crippen LogP contribution in [0.25, 0.3) is 23.1 Å². The van der Waals surface area contributed by atoms with Crippen molar-refractivity contribution in [1.82, 2.24) is 15.2 Å². The Hall–Kier alpha value is -4.06. The minimum absolute atomic E-state index is 0.0229. The fourth-order valence-corrected chi connectivity index (χ4v) is 3.44. The Balaban J connectivity index is 1.37. The Bertz CT molecular complexity index is 1300. The molecule has 1 aliphatic carbocycles. The number of carbonyl (C=O) groups excluding carboxylic acids is 2. The smallest absolute Gasteiger partial charge is 0.227 e. The van der Waals surface area contributed by atoms with Gasteiger partial charge < -0.3 is 5.32 Å². The summed E-state index contributed by atoms with van der Waals surface area (Å²) in [6.07, 6.45) is 7.42. The van der Waals surface area contributed by atoms with Gasteiger partial charge in [0.1, 0.15) is 0 Å². The molecule has 6 nitrogen and oxygen atoms in total. The first-order valence-electron chi connectivity index (χ1n) is 10.2. The molecule has 0 radical (unpaired) electrons. The third kappa shape index (κ3) is 4.14. The lowest BCUT2D eigenvalue weighted by Gasteiger charge is -2.07. The van der Waals surface area contributed by atoms with E-state index in [9.17, 15) is 9.59 Å². The van der Waals surface area contributed by atoms with Crippen LogP contribution in [0, 0.1) is 5.92 Å². The minimum Gasteiger partial charge on any atom is -0.326 e. The van der Waals surface area contributed by atoms with Crippen LogP contribution in [0.2, 0.25) is 0 Å². The van der Waals surface area contributed by atoms with E-state index in [0.717, 1.165) is 35.1 Å². The number of aromatic nitrogens is 3. The molecular formula is C25H20N4O2. The first-order valence-corrected chi connectivity index (χ1v) is 10.2. The number of benzene rings is 2. The van der Waals surface area contributed by atoms with Gasteiger partial charge >= 0.3 is 0 Å². The van der Waals surface area contributed by atoms with E-state index < -0.39 is 0 Å². The quantitative estimate of drug-likeness (QED) is 0.452. The highest BCUT2D eigenvalue weighted by Gasteiger charge is 2.29. The lowest BCUT2D eigenvalue weighted by molar-refractivity contribution is -0.117. The van der Waals surface area contributed by atoms with Crippen LogP contribution < -0.4 is 5.32 Å². The fourth-order valence-electron chi connectivity index (χ4n) is 3.44. The van der Waals surface area contributed by atoms with Gasteiger partial charge in [-0.15, -0.1) is 0 Å². The zero-order valence-corrected chi connectivity index (χ0v) is 16.7. The molecule has 1 saturated carbocycles. The number of H-pyrrole nitrogens is 1. The predicted octanol–water partition coefficient (Wildman–Crippen LogP) is 4.71. The van der Waals surface area contributed by atoms with Crippen LogP contribution in [-0.2, 0) is 4.79 Å². The number of amides is 1. The third-order valence-corrected chi connectivity index (χ3v) is 5.29. The first-order chi connectivity index (χ1) is 15.2. The molecule has 0 saturated heterocycles. The lowest BCUT2D eigenvalue weighted by atomic mass is 10.0. The molecule has 5 rings (SSSR count). The molecule has 0 spiro atoms. The highest BCUT2D eigenvalue weighted by atomic mass is 16.2. The Morgan fingerprint density at radius 1 is 0.968 bits per heavy atom. The largest absolute Gasteiger partial charge is 0.326 e. The standard InChI is InChI=1S/C25H20N4O2/c30-24(17-4-3-6-20(14-17)27-25(31)16-7-8-16)18-9-11-21-22(28-29-23(21)15-18)12-10-19-5-1-2-13-26-19/h1-6,9-16H,7-8H2,(H,27,31)(H,28,29). The Morgan fingerprint density at radius 2 is 1.84 bits per heavy atom. The third-order valence-electron chi connectivity index (χ3n) is 5.29. The summed E-state index contributed by atoms with van der Waals surface area (Å²) in [4.78, 5) is 29.3. The second kappa shape index (κ2) is 7.99. The van der Waals surface area contributed by atoms with E-state index in [-0.39, 0.29) is 17.6 Å². The van der Waals surface area contributed by atoms with Crippen molar-refractivity contribution in [2.45, 2.75) is 12.8 Å². The number of pyridine rings is 1. The van der Waals surface area contributed by atoms with E-state index in [1.54, 1.807) is 42.6 Å². The summed E-state index contributed by atoms with van der Waals surface area (Å²) in [6, 6.07) is 18.3. The van der Waals surface area contributed by atoms with Gasteiger partial charge in [-0.25, -0.2) is 0 Å². The molecule has 2 aromatic heterocycles. The number of carbonyl (C=O) groups is 2. The summed E-state index contributed by atoms with van der Waals surface area (Å²) >= 11 is 0. The van der Waals surface area contributed by atoms with E-state index >= 15 is 0 Å². The van der Waals surface area contributed by atoms with Crippen LogP contribution in [0.3, 0.4) is 0 Å². The van der Waals surface area contributed by atoms with Crippen molar-refractivity contribution in [2.75, 3.05) is 5.32 Å².